The lowest BCUT2D eigenvalue weighted by Crippen LogP contribution is -2.47. The molecule has 0 radical (unpaired) electrons. The molecule has 106 valence electrons. The van der Waals surface area contributed by atoms with Gasteiger partial charge in [0.25, 0.3) is 5.91 Å². The molecule has 2 aromatic rings. The van der Waals surface area contributed by atoms with Crippen LogP contribution in [0.4, 0.5) is 5.69 Å². The van der Waals surface area contributed by atoms with Crippen molar-refractivity contribution < 1.29 is 9.53 Å². The molecule has 0 aromatic carbocycles. The molecule has 1 amide bonds. The van der Waals surface area contributed by atoms with Crippen LogP contribution in [-0.4, -0.2) is 57.8 Å². The van der Waals surface area contributed by atoms with E-state index in [1.165, 1.54) is 0 Å². The van der Waals surface area contributed by atoms with Crippen LogP contribution in [0.2, 0.25) is 0 Å². The lowest BCUT2D eigenvalue weighted by atomic mass is 10.2. The van der Waals surface area contributed by atoms with Crippen molar-refractivity contribution in [1.29, 1.82) is 0 Å². The second-order valence-corrected chi connectivity index (χ2v) is 4.76. The number of nitrogens with one attached hydrogen (secondary N) is 1. The van der Waals surface area contributed by atoms with Gasteiger partial charge in [-0.3, -0.25) is 14.1 Å². The first-order valence-electron chi connectivity index (χ1n) is 6.70. The van der Waals surface area contributed by atoms with E-state index in [4.69, 9.17) is 4.74 Å². The summed E-state index contributed by atoms with van der Waals surface area (Å²) in [7, 11) is 0. The molecule has 1 atom stereocenters. The number of amides is 1. The zero-order valence-electron chi connectivity index (χ0n) is 11.3. The van der Waals surface area contributed by atoms with E-state index in [2.05, 4.69) is 27.3 Å². The molecule has 0 bridgehead atoms. The minimum atomic E-state index is -0.416. The Labute approximate surface area is 116 Å². The predicted molar refractivity (Wildman–Crippen MR) is 73.5 cm³/mol. The quantitative estimate of drug-likeness (QED) is 0.877. The number of morpholine rings is 1. The van der Waals surface area contributed by atoms with E-state index < -0.39 is 6.10 Å². The zero-order chi connectivity index (χ0) is 13.9. The van der Waals surface area contributed by atoms with Crippen molar-refractivity contribution in [2.45, 2.75) is 13.0 Å². The molecule has 20 heavy (non-hydrogen) atoms. The molecule has 0 saturated carbocycles. The van der Waals surface area contributed by atoms with E-state index in [1.807, 2.05) is 12.1 Å². The van der Waals surface area contributed by atoms with Gasteiger partial charge in [0.15, 0.2) is 5.65 Å². The predicted octanol–water partition coefficient (Wildman–Crippen LogP) is 0.388. The average molecular weight is 275 g/mol. The molecular weight excluding hydrogens is 258 g/mol. The lowest BCUT2D eigenvalue weighted by molar-refractivity contribution is -0.132. The van der Waals surface area contributed by atoms with E-state index in [9.17, 15) is 4.79 Å². The van der Waals surface area contributed by atoms with Crippen molar-refractivity contribution in [2.75, 3.05) is 31.6 Å². The monoisotopic (exact) mass is 275 g/mol. The molecule has 1 fully saturated rings. The maximum absolute atomic E-state index is 12.2. The van der Waals surface area contributed by atoms with Gasteiger partial charge in [0, 0.05) is 19.3 Å². The Balaban J connectivity index is 1.68. The molecule has 0 spiro atoms. The summed E-state index contributed by atoms with van der Waals surface area (Å²) in [6.45, 7) is 5.13. The van der Waals surface area contributed by atoms with Crippen molar-refractivity contribution in [3.8, 4) is 0 Å². The summed E-state index contributed by atoms with van der Waals surface area (Å²) in [6, 6.07) is 3.62. The third-order valence-electron chi connectivity index (χ3n) is 3.45. The van der Waals surface area contributed by atoms with Crippen molar-refractivity contribution in [3.05, 3.63) is 24.7 Å². The summed E-state index contributed by atoms with van der Waals surface area (Å²) >= 11 is 0. The number of rotatable bonds is 3. The third-order valence-corrected chi connectivity index (χ3v) is 3.45. The lowest BCUT2D eigenvalue weighted by Gasteiger charge is -2.31. The van der Waals surface area contributed by atoms with Gasteiger partial charge < -0.3 is 10.1 Å². The number of nitrogens with zero attached hydrogens (tertiary/aromatic N) is 4. The number of carbonyl (C=O) groups excluding carboxylic acids is 1. The highest BCUT2D eigenvalue weighted by atomic mass is 16.5. The number of carbonyl (C=O) groups is 1. The number of ether oxygens (including phenoxy) is 1. The van der Waals surface area contributed by atoms with E-state index >= 15 is 0 Å². The van der Waals surface area contributed by atoms with Crippen LogP contribution in [0, 0.1) is 0 Å². The van der Waals surface area contributed by atoms with E-state index in [-0.39, 0.29) is 5.91 Å². The molecule has 1 unspecified atom stereocenters. The molecule has 7 nitrogen and oxygen atoms in total. The average Bonchev–Trinajstić information content (AvgIpc) is 2.95. The zero-order valence-corrected chi connectivity index (χ0v) is 11.3. The Kier molecular flexibility index (Phi) is 3.62. The Hall–Kier alpha value is -1.99. The van der Waals surface area contributed by atoms with Crippen LogP contribution in [-0.2, 0) is 9.53 Å². The highest BCUT2D eigenvalue weighted by Gasteiger charge is 2.25. The summed E-state index contributed by atoms with van der Waals surface area (Å²) in [4.78, 5) is 14.4. The first-order valence-corrected chi connectivity index (χ1v) is 6.70. The molecule has 2 aromatic heterocycles. The number of anilines is 1. The largest absolute Gasteiger partial charge is 0.366 e. The number of aromatic nitrogens is 3. The van der Waals surface area contributed by atoms with Gasteiger partial charge in [-0.25, -0.2) is 0 Å². The van der Waals surface area contributed by atoms with Gasteiger partial charge in [-0.15, -0.1) is 10.2 Å². The Morgan fingerprint density at radius 1 is 1.55 bits per heavy atom. The molecular formula is C13H17N5O2. The molecule has 3 heterocycles. The van der Waals surface area contributed by atoms with Crippen LogP contribution in [0.25, 0.3) is 5.65 Å². The van der Waals surface area contributed by atoms with Gasteiger partial charge >= 0.3 is 0 Å². The van der Waals surface area contributed by atoms with E-state index in [1.54, 1.807) is 16.9 Å². The number of pyridine rings is 1. The summed E-state index contributed by atoms with van der Waals surface area (Å²) in [5, 5.41) is 10.6. The number of hydrogen-bond donors (Lipinski definition) is 1. The molecule has 1 aliphatic heterocycles. The van der Waals surface area contributed by atoms with E-state index in [0.29, 0.717) is 18.8 Å². The van der Waals surface area contributed by atoms with Crippen LogP contribution in [0.1, 0.15) is 6.92 Å². The molecule has 3 rings (SSSR count). The minimum absolute atomic E-state index is 0.115. The fraction of sp³-hybridized carbons (Fsp3) is 0.462. The normalized spacial score (nSPS) is 20.1. The van der Waals surface area contributed by atoms with Crippen molar-refractivity contribution in [1.82, 2.24) is 19.5 Å². The van der Waals surface area contributed by atoms with Gasteiger partial charge in [0.2, 0.25) is 0 Å². The highest BCUT2D eigenvalue weighted by Crippen LogP contribution is 2.12. The van der Waals surface area contributed by atoms with Crippen LogP contribution >= 0.6 is 0 Å². The van der Waals surface area contributed by atoms with Gasteiger partial charge in [-0.1, -0.05) is 6.92 Å². The van der Waals surface area contributed by atoms with Gasteiger partial charge in [0.1, 0.15) is 12.4 Å². The summed E-state index contributed by atoms with van der Waals surface area (Å²) in [6.07, 6.45) is 2.97. The molecule has 7 heteroatoms. The Morgan fingerprint density at radius 3 is 3.30 bits per heavy atom. The van der Waals surface area contributed by atoms with Crippen molar-refractivity contribution in [2.24, 2.45) is 0 Å². The van der Waals surface area contributed by atoms with Gasteiger partial charge in [-0.2, -0.15) is 0 Å². The van der Waals surface area contributed by atoms with Gasteiger partial charge in [-0.05, 0) is 18.7 Å². The van der Waals surface area contributed by atoms with Crippen LogP contribution in [0.3, 0.4) is 0 Å². The van der Waals surface area contributed by atoms with Crippen molar-refractivity contribution in [3.63, 3.8) is 0 Å². The maximum atomic E-state index is 12.2. The fourth-order valence-corrected chi connectivity index (χ4v) is 2.27. The number of fused-ring (bicyclic) bond motifs is 1. The highest BCUT2D eigenvalue weighted by molar-refractivity contribution is 5.94. The first-order chi connectivity index (χ1) is 9.76. The summed E-state index contributed by atoms with van der Waals surface area (Å²) in [5.74, 6) is -0.115. The van der Waals surface area contributed by atoms with Crippen LogP contribution in [0.5, 0.6) is 0 Å². The maximum Gasteiger partial charge on any atom is 0.254 e. The van der Waals surface area contributed by atoms with Gasteiger partial charge in [0.05, 0.1) is 12.3 Å². The third kappa shape index (κ3) is 2.63. The molecule has 0 aliphatic carbocycles. The Bertz CT molecular complexity index is 612. The summed E-state index contributed by atoms with van der Waals surface area (Å²) < 4.78 is 7.29. The number of likely N-dealkylation sites (N-methyl/N-ethyl adjacent to an activating group) is 1. The van der Waals surface area contributed by atoms with Crippen LogP contribution < -0.4 is 5.32 Å². The molecule has 1 saturated heterocycles. The second kappa shape index (κ2) is 5.56. The fourth-order valence-electron chi connectivity index (χ4n) is 2.27. The second-order valence-electron chi connectivity index (χ2n) is 4.76. The minimum Gasteiger partial charge on any atom is -0.366 e. The van der Waals surface area contributed by atoms with Crippen LogP contribution in [0.15, 0.2) is 24.7 Å². The molecule has 1 N–H and O–H groups in total. The smallest absolute Gasteiger partial charge is 0.254 e. The van der Waals surface area contributed by atoms with E-state index in [0.717, 1.165) is 18.7 Å². The SMILES string of the molecule is CCN1CCOC(C(=O)Nc2ccc3nncn3c2)C1. The molecule has 1 aliphatic rings. The summed E-state index contributed by atoms with van der Waals surface area (Å²) in [5.41, 5.74) is 1.45. The standard InChI is InChI=1S/C13H17N5O2/c1-2-17-5-6-20-11(8-17)13(19)15-10-3-4-12-16-14-9-18(12)7-10/h3-4,7,9,11H,2,5-6,8H2,1H3,(H,15,19). The number of hydrogen-bond acceptors (Lipinski definition) is 5. The first kappa shape index (κ1) is 13.0. The Morgan fingerprint density at radius 2 is 2.45 bits per heavy atom. The topological polar surface area (TPSA) is 71.8 Å². The van der Waals surface area contributed by atoms with Crippen molar-refractivity contribution >= 4 is 17.2 Å².